The first-order valence-electron chi connectivity index (χ1n) is 9.42. The van der Waals surface area contributed by atoms with Gasteiger partial charge >= 0.3 is 0 Å². The molecule has 0 saturated heterocycles. The molecule has 0 fully saturated rings. The van der Waals surface area contributed by atoms with Crippen molar-refractivity contribution in [2.24, 2.45) is 0 Å². The van der Waals surface area contributed by atoms with E-state index in [1.54, 1.807) is 0 Å². The second-order valence-corrected chi connectivity index (χ2v) is 7.20. The molecular formula is C22H20N6. The van der Waals surface area contributed by atoms with Crippen molar-refractivity contribution in [1.29, 1.82) is 0 Å². The van der Waals surface area contributed by atoms with Crippen molar-refractivity contribution in [3.05, 3.63) is 71.2 Å². The van der Waals surface area contributed by atoms with E-state index >= 15 is 0 Å². The molecule has 4 heterocycles. The zero-order valence-corrected chi connectivity index (χ0v) is 16.1. The summed E-state index contributed by atoms with van der Waals surface area (Å²) < 4.78 is 1.87. The number of aromatic nitrogens is 6. The zero-order valence-electron chi connectivity index (χ0n) is 16.1. The van der Waals surface area contributed by atoms with Gasteiger partial charge in [-0.05, 0) is 57.0 Å². The number of hydrogen-bond donors (Lipinski definition) is 0. The molecule has 138 valence electrons. The van der Waals surface area contributed by atoms with E-state index in [4.69, 9.17) is 4.98 Å². The third-order valence-corrected chi connectivity index (χ3v) is 5.21. The monoisotopic (exact) mass is 368 g/mol. The van der Waals surface area contributed by atoms with Gasteiger partial charge in [0.05, 0.1) is 22.4 Å². The van der Waals surface area contributed by atoms with Gasteiger partial charge in [0, 0.05) is 35.3 Å². The maximum Gasteiger partial charge on any atom is 0.177 e. The summed E-state index contributed by atoms with van der Waals surface area (Å²) in [4.78, 5) is 18.4. The highest BCUT2D eigenvalue weighted by Crippen LogP contribution is 2.25. The Balaban J connectivity index is 1.50. The molecular weight excluding hydrogens is 348 g/mol. The molecule has 6 nitrogen and oxygen atoms in total. The van der Waals surface area contributed by atoms with Crippen LogP contribution in [0.3, 0.4) is 0 Å². The van der Waals surface area contributed by atoms with Gasteiger partial charge < -0.3 is 0 Å². The minimum Gasteiger partial charge on any atom is -0.256 e. The lowest BCUT2D eigenvalue weighted by molar-refractivity contribution is 0.805. The third kappa shape index (κ3) is 2.69. The van der Waals surface area contributed by atoms with Crippen molar-refractivity contribution in [1.82, 2.24) is 29.5 Å². The van der Waals surface area contributed by atoms with Gasteiger partial charge in [0.15, 0.2) is 11.5 Å². The predicted molar refractivity (Wildman–Crippen MR) is 109 cm³/mol. The van der Waals surface area contributed by atoms with E-state index in [9.17, 15) is 0 Å². The second kappa shape index (κ2) is 6.34. The summed E-state index contributed by atoms with van der Waals surface area (Å²) in [6, 6.07) is 10.4. The normalized spacial score (nSPS) is 11.7. The van der Waals surface area contributed by atoms with Crippen LogP contribution in [0.25, 0.3) is 27.5 Å². The zero-order chi connectivity index (χ0) is 19.3. The Kier molecular flexibility index (Phi) is 3.79. The minimum absolute atomic E-state index is 0.745. The van der Waals surface area contributed by atoms with Crippen LogP contribution in [-0.4, -0.2) is 29.5 Å². The standard InChI is InChI=1S/C22H20N6/c1-13-11-17-16-5-4-10-23-19(16)6-7-20(17)25-18(13)8-9-21-26-22-15(3)24-12-14(2)28(22)27-21/h4-7,10-12H,8-9H2,1-3H3. The summed E-state index contributed by atoms with van der Waals surface area (Å²) >= 11 is 0. The Morgan fingerprint density at radius 1 is 0.893 bits per heavy atom. The maximum absolute atomic E-state index is 4.93. The molecule has 0 N–H and O–H groups in total. The summed E-state index contributed by atoms with van der Waals surface area (Å²) in [6.07, 6.45) is 5.20. The van der Waals surface area contributed by atoms with E-state index in [1.165, 1.54) is 5.56 Å². The highest BCUT2D eigenvalue weighted by atomic mass is 15.3. The van der Waals surface area contributed by atoms with Gasteiger partial charge in [-0.1, -0.05) is 6.07 Å². The highest BCUT2D eigenvalue weighted by Gasteiger charge is 2.11. The molecule has 0 aliphatic rings. The van der Waals surface area contributed by atoms with Gasteiger partial charge in [-0.2, -0.15) is 5.10 Å². The van der Waals surface area contributed by atoms with Crippen LogP contribution >= 0.6 is 0 Å². The summed E-state index contributed by atoms with van der Waals surface area (Å²) in [5.74, 6) is 0.822. The van der Waals surface area contributed by atoms with Crippen LogP contribution in [0.1, 0.15) is 28.5 Å². The van der Waals surface area contributed by atoms with Gasteiger partial charge in [-0.25, -0.2) is 9.50 Å². The van der Waals surface area contributed by atoms with Crippen LogP contribution < -0.4 is 0 Å². The lowest BCUT2D eigenvalue weighted by Gasteiger charge is -2.08. The average Bonchev–Trinajstić information content (AvgIpc) is 3.15. The SMILES string of the molecule is Cc1cc2c(ccc3ncccc32)nc1CCc1nc2c(C)ncc(C)n2n1. The highest BCUT2D eigenvalue weighted by molar-refractivity contribution is 6.04. The number of nitrogens with zero attached hydrogens (tertiary/aromatic N) is 6. The number of hydrogen-bond acceptors (Lipinski definition) is 5. The fourth-order valence-corrected chi connectivity index (χ4v) is 3.67. The number of pyridine rings is 2. The largest absolute Gasteiger partial charge is 0.256 e. The molecule has 6 heteroatoms. The Hall–Kier alpha value is -3.41. The molecule has 0 aliphatic carbocycles. The summed E-state index contributed by atoms with van der Waals surface area (Å²) in [5, 5.41) is 6.94. The Labute approximate surface area is 162 Å². The van der Waals surface area contributed by atoms with Crippen LogP contribution in [0.2, 0.25) is 0 Å². The van der Waals surface area contributed by atoms with Gasteiger partial charge in [-0.3, -0.25) is 15.0 Å². The number of aryl methyl sites for hydroxylation is 5. The van der Waals surface area contributed by atoms with Crippen molar-refractivity contribution in [2.75, 3.05) is 0 Å². The molecule has 0 saturated carbocycles. The van der Waals surface area contributed by atoms with Crippen molar-refractivity contribution in [2.45, 2.75) is 33.6 Å². The molecule has 0 atom stereocenters. The molecule has 4 aromatic heterocycles. The molecule has 28 heavy (non-hydrogen) atoms. The number of benzene rings is 1. The van der Waals surface area contributed by atoms with E-state index < -0.39 is 0 Å². The lowest BCUT2D eigenvalue weighted by Crippen LogP contribution is -2.01. The molecule has 5 rings (SSSR count). The van der Waals surface area contributed by atoms with Gasteiger partial charge in [0.25, 0.3) is 0 Å². The third-order valence-electron chi connectivity index (χ3n) is 5.21. The molecule has 0 radical (unpaired) electrons. The molecule has 0 aliphatic heterocycles. The Morgan fingerprint density at radius 2 is 1.75 bits per heavy atom. The topological polar surface area (TPSA) is 68.9 Å². The fourth-order valence-electron chi connectivity index (χ4n) is 3.67. The minimum atomic E-state index is 0.745. The second-order valence-electron chi connectivity index (χ2n) is 7.20. The van der Waals surface area contributed by atoms with Crippen molar-refractivity contribution < 1.29 is 0 Å². The van der Waals surface area contributed by atoms with Crippen molar-refractivity contribution in [3.63, 3.8) is 0 Å². The van der Waals surface area contributed by atoms with Crippen LogP contribution in [0, 0.1) is 20.8 Å². The quantitative estimate of drug-likeness (QED) is 0.451. The van der Waals surface area contributed by atoms with Crippen molar-refractivity contribution in [3.8, 4) is 0 Å². The maximum atomic E-state index is 4.93. The first-order chi connectivity index (χ1) is 13.6. The molecule has 0 amide bonds. The molecule has 0 unspecified atom stereocenters. The van der Waals surface area contributed by atoms with Gasteiger partial charge in [0.2, 0.25) is 0 Å². The number of fused-ring (bicyclic) bond motifs is 4. The van der Waals surface area contributed by atoms with E-state index in [0.29, 0.717) is 0 Å². The van der Waals surface area contributed by atoms with Crippen molar-refractivity contribution >= 4 is 27.5 Å². The fraction of sp³-hybridized carbons (Fsp3) is 0.227. The summed E-state index contributed by atoms with van der Waals surface area (Å²) in [5.41, 5.74) is 6.97. The van der Waals surface area contributed by atoms with E-state index in [-0.39, 0.29) is 0 Å². The Bertz CT molecular complexity index is 1310. The van der Waals surface area contributed by atoms with Crippen LogP contribution in [-0.2, 0) is 12.8 Å². The average molecular weight is 368 g/mol. The van der Waals surface area contributed by atoms with Crippen LogP contribution in [0.5, 0.6) is 0 Å². The van der Waals surface area contributed by atoms with Gasteiger partial charge in [0.1, 0.15) is 0 Å². The van der Waals surface area contributed by atoms with E-state index in [0.717, 1.165) is 63.2 Å². The summed E-state index contributed by atoms with van der Waals surface area (Å²) in [7, 11) is 0. The molecule has 0 bridgehead atoms. The summed E-state index contributed by atoms with van der Waals surface area (Å²) in [6.45, 7) is 6.07. The predicted octanol–water partition coefficient (Wildman–Crippen LogP) is 3.93. The molecule has 5 aromatic rings. The van der Waals surface area contributed by atoms with Crippen LogP contribution in [0.4, 0.5) is 0 Å². The van der Waals surface area contributed by atoms with Gasteiger partial charge in [-0.15, -0.1) is 0 Å². The molecule has 1 aromatic carbocycles. The number of rotatable bonds is 3. The van der Waals surface area contributed by atoms with E-state index in [1.807, 2.05) is 42.9 Å². The first kappa shape index (κ1) is 16.7. The smallest absolute Gasteiger partial charge is 0.177 e. The van der Waals surface area contributed by atoms with E-state index in [2.05, 4.69) is 45.2 Å². The lowest BCUT2D eigenvalue weighted by atomic mass is 10.0. The van der Waals surface area contributed by atoms with Crippen LogP contribution in [0.15, 0.2) is 42.7 Å². The molecule has 0 spiro atoms. The first-order valence-corrected chi connectivity index (χ1v) is 9.42. The Morgan fingerprint density at radius 3 is 2.61 bits per heavy atom.